The van der Waals surface area contributed by atoms with Gasteiger partial charge in [0.25, 0.3) is 0 Å². The van der Waals surface area contributed by atoms with Crippen LogP contribution in [0.3, 0.4) is 0 Å². The summed E-state index contributed by atoms with van der Waals surface area (Å²) < 4.78 is 0. The van der Waals surface area contributed by atoms with E-state index in [9.17, 15) is 0 Å². The largest absolute Gasteiger partial charge is 2.00 e. The Hall–Kier alpha value is 0.928. The second-order valence-corrected chi connectivity index (χ2v) is 4.09. The molecule has 0 amide bonds. The Balaban J connectivity index is 0. The summed E-state index contributed by atoms with van der Waals surface area (Å²) in [6.45, 7) is 1.63. The molecule has 4 N–H and O–H groups in total. The average Bonchev–Trinajstić information content (AvgIpc) is 2.18. The summed E-state index contributed by atoms with van der Waals surface area (Å²) in [5, 5.41) is 0. The van der Waals surface area contributed by atoms with Crippen LogP contribution in [0.15, 0.2) is 12.2 Å². The predicted molar refractivity (Wildman–Crippen MR) is 50.4 cm³/mol. The van der Waals surface area contributed by atoms with Crippen molar-refractivity contribution in [2.45, 2.75) is 12.8 Å². The number of halogens is 2. The molecule has 0 aliphatic heterocycles. The molecule has 0 saturated heterocycles. The Kier molecular flexibility index (Phi) is 9.86. The van der Waals surface area contributed by atoms with E-state index in [0.29, 0.717) is 11.8 Å². The molecule has 1 fully saturated rings. The number of allylic oxidation sites excluding steroid dienone is 2. The fourth-order valence-corrected chi connectivity index (χ4v) is 2.91. The van der Waals surface area contributed by atoms with Gasteiger partial charge in [-0.2, -0.15) is 0 Å². The Morgan fingerprint density at radius 3 is 1.40 bits per heavy atom. The third-order valence-electron chi connectivity index (χ3n) is 3.63. The Morgan fingerprint density at radius 1 is 0.867 bits per heavy atom. The van der Waals surface area contributed by atoms with E-state index in [-0.39, 0.29) is 45.9 Å². The van der Waals surface area contributed by atoms with Gasteiger partial charge in [0, 0.05) is 0 Å². The summed E-state index contributed by atoms with van der Waals surface area (Å²) in [4.78, 5) is 0. The quantitative estimate of drug-likeness (QED) is 0.429. The Morgan fingerprint density at radius 2 is 1.20 bits per heavy atom. The van der Waals surface area contributed by atoms with Crippen molar-refractivity contribution < 1.29 is 45.9 Å². The van der Waals surface area contributed by atoms with Gasteiger partial charge in [-0.1, -0.05) is 12.2 Å². The molecule has 2 nitrogen and oxygen atoms in total. The third kappa shape index (κ3) is 3.44. The molecule has 3 aliphatic carbocycles. The van der Waals surface area contributed by atoms with Gasteiger partial charge in [0.05, 0.1) is 0 Å². The van der Waals surface area contributed by atoms with E-state index in [0.717, 1.165) is 24.9 Å². The van der Waals surface area contributed by atoms with Crippen LogP contribution in [0.4, 0.5) is 0 Å². The molecule has 15 heavy (non-hydrogen) atoms. The van der Waals surface area contributed by atoms with E-state index in [2.05, 4.69) is 12.2 Å². The van der Waals surface area contributed by atoms with Crippen LogP contribution in [-0.2, 0) is 21.1 Å². The Labute approximate surface area is 119 Å². The van der Waals surface area contributed by atoms with Crippen LogP contribution in [0.1, 0.15) is 12.8 Å². The molecule has 0 aromatic carbocycles. The number of hydrogen-bond acceptors (Lipinski definition) is 2. The maximum absolute atomic E-state index is 5.77. The minimum Gasteiger partial charge on any atom is -1.00 e. The molecule has 4 unspecified atom stereocenters. The molecule has 0 spiro atoms. The molecule has 92 valence electrons. The Bertz CT molecular complexity index is 182. The van der Waals surface area contributed by atoms with Gasteiger partial charge < -0.3 is 36.3 Å². The van der Waals surface area contributed by atoms with E-state index in [4.69, 9.17) is 11.5 Å². The van der Waals surface area contributed by atoms with E-state index < -0.39 is 0 Å². The van der Waals surface area contributed by atoms with Crippen LogP contribution in [0.25, 0.3) is 0 Å². The van der Waals surface area contributed by atoms with Gasteiger partial charge in [0.1, 0.15) is 0 Å². The smallest absolute Gasteiger partial charge is 1.00 e. The van der Waals surface area contributed by atoms with Crippen molar-refractivity contribution in [1.29, 1.82) is 0 Å². The maximum Gasteiger partial charge on any atom is 2.00 e. The van der Waals surface area contributed by atoms with Crippen molar-refractivity contribution in [3.05, 3.63) is 12.2 Å². The summed E-state index contributed by atoms with van der Waals surface area (Å²) in [5.74, 6) is 2.79. The van der Waals surface area contributed by atoms with Crippen LogP contribution in [0, 0.1) is 23.7 Å². The van der Waals surface area contributed by atoms with Crippen molar-refractivity contribution in [2.75, 3.05) is 13.1 Å². The fraction of sp³-hybridized carbons (Fsp3) is 0.800. The minimum atomic E-state index is 0. The fourth-order valence-electron chi connectivity index (χ4n) is 2.91. The zero-order valence-corrected chi connectivity index (χ0v) is 12.3. The minimum absolute atomic E-state index is 0. The van der Waals surface area contributed by atoms with E-state index in [1.807, 2.05) is 0 Å². The summed E-state index contributed by atoms with van der Waals surface area (Å²) in [5.41, 5.74) is 11.5. The number of fused-ring (bicyclic) bond motifs is 2. The normalized spacial score (nSPS) is 36.1. The average molecular weight is 432 g/mol. The molecular weight excluding hydrogens is 414 g/mol. The molecule has 5 heteroatoms. The van der Waals surface area contributed by atoms with Gasteiger partial charge in [-0.15, -0.1) is 0 Å². The van der Waals surface area contributed by atoms with Gasteiger partial charge in [-0.05, 0) is 49.6 Å². The third-order valence-corrected chi connectivity index (χ3v) is 3.63. The molecule has 0 aromatic heterocycles. The molecule has 1 saturated carbocycles. The molecule has 3 rings (SSSR count). The van der Waals surface area contributed by atoms with Crippen molar-refractivity contribution in [1.82, 2.24) is 0 Å². The predicted octanol–water partition coefficient (Wildman–Crippen LogP) is -5.26. The zero-order valence-electron chi connectivity index (χ0n) is 8.52. The molecular formula is C10H18Cl2N2Pt. The molecule has 0 aromatic rings. The summed E-state index contributed by atoms with van der Waals surface area (Å²) in [7, 11) is 0. The van der Waals surface area contributed by atoms with Gasteiger partial charge in [-0.3, -0.25) is 0 Å². The first-order chi connectivity index (χ1) is 5.86. The summed E-state index contributed by atoms with van der Waals surface area (Å²) >= 11 is 0. The van der Waals surface area contributed by atoms with Crippen LogP contribution >= 0.6 is 0 Å². The topological polar surface area (TPSA) is 52.0 Å². The first-order valence-electron chi connectivity index (χ1n) is 4.95. The molecule has 4 atom stereocenters. The van der Waals surface area contributed by atoms with Gasteiger partial charge in [0.15, 0.2) is 0 Å². The van der Waals surface area contributed by atoms with Crippen LogP contribution in [-0.4, -0.2) is 13.1 Å². The second-order valence-electron chi connectivity index (χ2n) is 4.09. The summed E-state index contributed by atoms with van der Waals surface area (Å²) in [6, 6.07) is 0. The standard InChI is InChI=1S/C10H18N2.2ClH.Pt/c11-5-9-7-1-2-8(4-3-7)10(9)6-12;;;/h1-2,7-10H,3-6,11-12H2;2*1H;/q;;;+2/p-2. The SMILES string of the molecule is NCC1C2C=CC(CC2)C1CN.[Cl-].[Cl-].[Pt+2]. The van der Waals surface area contributed by atoms with Crippen LogP contribution in [0.5, 0.6) is 0 Å². The zero-order chi connectivity index (χ0) is 8.55. The number of nitrogens with two attached hydrogens (primary N) is 2. The first kappa shape index (κ1) is 18.3. The van der Waals surface area contributed by atoms with Crippen molar-refractivity contribution >= 4 is 0 Å². The van der Waals surface area contributed by atoms with Crippen molar-refractivity contribution in [2.24, 2.45) is 35.1 Å². The monoisotopic (exact) mass is 431 g/mol. The van der Waals surface area contributed by atoms with Crippen molar-refractivity contribution in [3.8, 4) is 0 Å². The first-order valence-corrected chi connectivity index (χ1v) is 4.95. The molecule has 0 radical (unpaired) electrons. The van der Waals surface area contributed by atoms with Crippen molar-refractivity contribution in [3.63, 3.8) is 0 Å². The molecule has 3 aliphatic rings. The summed E-state index contributed by atoms with van der Waals surface area (Å²) in [6.07, 6.45) is 7.38. The molecule has 0 heterocycles. The second kappa shape index (κ2) is 8.08. The number of hydrogen-bond donors (Lipinski definition) is 2. The van der Waals surface area contributed by atoms with E-state index in [1.54, 1.807) is 0 Å². The maximum atomic E-state index is 5.77. The van der Waals surface area contributed by atoms with Gasteiger partial charge in [-0.25, -0.2) is 0 Å². The van der Waals surface area contributed by atoms with Crippen LogP contribution in [0.2, 0.25) is 0 Å². The van der Waals surface area contributed by atoms with E-state index >= 15 is 0 Å². The van der Waals surface area contributed by atoms with Gasteiger partial charge in [0.2, 0.25) is 0 Å². The number of rotatable bonds is 2. The van der Waals surface area contributed by atoms with Gasteiger partial charge >= 0.3 is 21.1 Å². The molecule has 2 bridgehead atoms. The van der Waals surface area contributed by atoms with E-state index in [1.165, 1.54) is 12.8 Å². The van der Waals surface area contributed by atoms with Crippen LogP contribution < -0.4 is 36.3 Å².